The first-order valence-corrected chi connectivity index (χ1v) is 6.91. The van der Waals surface area contributed by atoms with E-state index in [4.69, 9.17) is 4.74 Å². The first-order chi connectivity index (χ1) is 9.69. The average molecular weight is 270 g/mol. The first kappa shape index (κ1) is 12.9. The Morgan fingerprint density at radius 1 is 1.35 bits per heavy atom. The molecule has 2 heterocycles. The number of benzene rings is 1. The number of fused-ring (bicyclic) bond motifs is 1. The van der Waals surface area contributed by atoms with Crippen molar-refractivity contribution in [2.75, 3.05) is 7.11 Å². The number of imidazole rings is 1. The molecule has 0 radical (unpaired) electrons. The van der Waals surface area contributed by atoms with Gasteiger partial charge >= 0.3 is 5.97 Å². The van der Waals surface area contributed by atoms with E-state index in [1.807, 2.05) is 6.20 Å². The van der Waals surface area contributed by atoms with E-state index in [0.717, 1.165) is 36.5 Å². The van der Waals surface area contributed by atoms with Crippen molar-refractivity contribution in [3.63, 3.8) is 0 Å². The molecule has 0 fully saturated rings. The number of hydrogen-bond acceptors (Lipinski definition) is 3. The highest BCUT2D eigenvalue weighted by Crippen LogP contribution is 2.30. The summed E-state index contributed by atoms with van der Waals surface area (Å²) in [6.45, 7) is 2.98. The fourth-order valence-corrected chi connectivity index (χ4v) is 2.71. The number of aromatic nitrogens is 2. The van der Waals surface area contributed by atoms with Crippen molar-refractivity contribution >= 4 is 5.97 Å². The topological polar surface area (TPSA) is 44.1 Å². The number of rotatable bonds is 2. The normalized spacial score (nSPS) is 17.6. The molecular formula is C16H18N2O2. The summed E-state index contributed by atoms with van der Waals surface area (Å²) in [5.41, 5.74) is 3.24. The molecule has 1 aromatic carbocycles. The van der Waals surface area contributed by atoms with E-state index in [1.165, 1.54) is 12.7 Å². The van der Waals surface area contributed by atoms with Crippen LogP contribution in [0.1, 0.15) is 30.1 Å². The van der Waals surface area contributed by atoms with Crippen LogP contribution in [0.15, 0.2) is 30.5 Å². The zero-order valence-electron chi connectivity index (χ0n) is 11.8. The summed E-state index contributed by atoms with van der Waals surface area (Å²) in [6, 6.07) is 8.28. The molecule has 1 aliphatic heterocycles. The smallest absolute Gasteiger partial charge is 0.316 e. The largest absolute Gasteiger partial charge is 0.468 e. The van der Waals surface area contributed by atoms with Gasteiger partial charge in [0.15, 0.2) is 0 Å². The second-order valence-electron chi connectivity index (χ2n) is 5.26. The van der Waals surface area contributed by atoms with E-state index >= 15 is 0 Å². The van der Waals surface area contributed by atoms with Crippen molar-refractivity contribution in [1.29, 1.82) is 0 Å². The number of nitrogens with zero attached hydrogens (tertiary/aromatic N) is 2. The van der Waals surface area contributed by atoms with Gasteiger partial charge in [-0.2, -0.15) is 0 Å². The van der Waals surface area contributed by atoms with E-state index in [0.29, 0.717) is 0 Å². The second kappa shape index (κ2) is 5.12. The molecule has 4 nitrogen and oxygen atoms in total. The number of hydrogen-bond donors (Lipinski definition) is 0. The van der Waals surface area contributed by atoms with Gasteiger partial charge in [0.2, 0.25) is 0 Å². The summed E-state index contributed by atoms with van der Waals surface area (Å²) in [5.74, 6) is 0.415. The molecule has 104 valence electrons. The van der Waals surface area contributed by atoms with Crippen molar-refractivity contribution < 1.29 is 9.53 Å². The molecule has 2 aromatic rings. The minimum atomic E-state index is -0.229. The summed E-state index contributed by atoms with van der Waals surface area (Å²) in [5, 5.41) is 0. The van der Waals surface area contributed by atoms with Crippen LogP contribution in [0.2, 0.25) is 0 Å². The minimum Gasteiger partial charge on any atom is -0.468 e. The van der Waals surface area contributed by atoms with Gasteiger partial charge in [-0.05, 0) is 19.8 Å². The van der Waals surface area contributed by atoms with Crippen LogP contribution < -0.4 is 0 Å². The summed E-state index contributed by atoms with van der Waals surface area (Å²) in [7, 11) is 1.44. The van der Waals surface area contributed by atoms with Crippen molar-refractivity contribution in [1.82, 2.24) is 9.55 Å². The van der Waals surface area contributed by atoms with E-state index in [-0.39, 0.29) is 11.9 Å². The van der Waals surface area contributed by atoms with Crippen LogP contribution in [0.3, 0.4) is 0 Å². The van der Waals surface area contributed by atoms with Gasteiger partial charge in [0, 0.05) is 18.3 Å². The third kappa shape index (κ3) is 2.22. The lowest BCUT2D eigenvalue weighted by Gasteiger charge is -2.20. The number of carbonyl (C=O) groups excluding carboxylic acids is 1. The first-order valence-electron chi connectivity index (χ1n) is 6.91. The molecule has 1 aliphatic rings. The average Bonchev–Trinajstić information content (AvgIpc) is 2.91. The number of esters is 1. The molecule has 20 heavy (non-hydrogen) atoms. The zero-order chi connectivity index (χ0) is 14.1. The Morgan fingerprint density at radius 3 is 2.80 bits per heavy atom. The molecule has 0 bridgehead atoms. The summed E-state index contributed by atoms with van der Waals surface area (Å²) in [4.78, 5) is 16.5. The van der Waals surface area contributed by atoms with E-state index in [1.54, 1.807) is 0 Å². The molecule has 0 amide bonds. The lowest BCUT2D eigenvalue weighted by Crippen LogP contribution is -2.23. The van der Waals surface area contributed by atoms with Crippen LogP contribution in [-0.2, 0) is 16.1 Å². The van der Waals surface area contributed by atoms with Gasteiger partial charge in [-0.1, -0.05) is 29.8 Å². The third-order valence-corrected chi connectivity index (χ3v) is 3.84. The summed E-state index contributed by atoms with van der Waals surface area (Å²) < 4.78 is 6.97. The van der Waals surface area contributed by atoms with Gasteiger partial charge in [0.05, 0.1) is 12.8 Å². The molecule has 3 rings (SSSR count). The van der Waals surface area contributed by atoms with Gasteiger partial charge in [-0.15, -0.1) is 0 Å². The monoisotopic (exact) mass is 270 g/mol. The fraction of sp³-hybridized carbons (Fsp3) is 0.375. The molecule has 0 spiro atoms. The van der Waals surface area contributed by atoms with Crippen molar-refractivity contribution in [3.8, 4) is 11.3 Å². The van der Waals surface area contributed by atoms with Crippen molar-refractivity contribution in [2.45, 2.75) is 32.2 Å². The Balaban J connectivity index is 1.99. The number of ether oxygens (including phenoxy) is 1. The Morgan fingerprint density at radius 2 is 2.10 bits per heavy atom. The molecule has 1 unspecified atom stereocenters. The molecule has 0 aliphatic carbocycles. The fourth-order valence-electron chi connectivity index (χ4n) is 2.71. The summed E-state index contributed by atoms with van der Waals surface area (Å²) >= 11 is 0. The van der Waals surface area contributed by atoms with Crippen LogP contribution in [0, 0.1) is 6.92 Å². The molecule has 0 saturated heterocycles. The predicted molar refractivity (Wildman–Crippen MR) is 76.4 cm³/mol. The molecular weight excluding hydrogens is 252 g/mol. The van der Waals surface area contributed by atoms with Gasteiger partial charge < -0.3 is 9.30 Å². The molecule has 0 N–H and O–H groups in total. The number of methoxy groups -OCH3 is 1. The van der Waals surface area contributed by atoms with Crippen molar-refractivity contribution in [3.05, 3.63) is 41.9 Å². The zero-order valence-corrected chi connectivity index (χ0v) is 11.8. The van der Waals surface area contributed by atoms with Gasteiger partial charge in [-0.3, -0.25) is 4.79 Å². The van der Waals surface area contributed by atoms with Crippen LogP contribution in [0.5, 0.6) is 0 Å². The van der Waals surface area contributed by atoms with E-state index < -0.39 is 0 Å². The second-order valence-corrected chi connectivity index (χ2v) is 5.26. The number of carbonyl (C=O) groups is 1. The van der Waals surface area contributed by atoms with Crippen LogP contribution in [0.4, 0.5) is 0 Å². The quantitative estimate of drug-likeness (QED) is 0.788. The lowest BCUT2D eigenvalue weighted by molar-refractivity contribution is -0.143. The predicted octanol–water partition coefficient (Wildman–Crippen LogP) is 2.91. The maximum atomic E-state index is 11.8. The van der Waals surface area contributed by atoms with Gasteiger partial charge in [0.1, 0.15) is 11.7 Å². The molecule has 1 aromatic heterocycles. The van der Waals surface area contributed by atoms with Gasteiger partial charge in [-0.25, -0.2) is 4.98 Å². The van der Waals surface area contributed by atoms with E-state index in [2.05, 4.69) is 40.7 Å². The van der Waals surface area contributed by atoms with E-state index in [9.17, 15) is 4.79 Å². The maximum absolute atomic E-state index is 11.8. The highest BCUT2D eigenvalue weighted by Gasteiger charge is 2.29. The minimum absolute atomic E-state index is 0.188. The van der Waals surface area contributed by atoms with Crippen molar-refractivity contribution in [2.24, 2.45) is 0 Å². The lowest BCUT2D eigenvalue weighted by atomic mass is 9.99. The number of aryl methyl sites for hydroxylation is 2. The molecule has 0 saturated carbocycles. The van der Waals surface area contributed by atoms with Crippen LogP contribution in [0.25, 0.3) is 11.3 Å². The Kier molecular flexibility index (Phi) is 3.30. The summed E-state index contributed by atoms with van der Waals surface area (Å²) in [6.07, 6.45) is 3.84. The standard InChI is InChI=1S/C16H18N2O2/c1-11-5-7-12(8-6-11)14-10-18-9-3-4-13(15(18)17-14)16(19)20-2/h5-8,10,13H,3-4,9H2,1-2H3. The SMILES string of the molecule is COC(=O)C1CCCn2cc(-c3ccc(C)cc3)nc21. The Labute approximate surface area is 118 Å². The highest BCUT2D eigenvalue weighted by molar-refractivity contribution is 5.77. The maximum Gasteiger partial charge on any atom is 0.316 e. The third-order valence-electron chi connectivity index (χ3n) is 3.84. The molecule has 1 atom stereocenters. The van der Waals surface area contributed by atoms with Crippen LogP contribution >= 0.6 is 0 Å². The Hall–Kier alpha value is -2.10. The Bertz CT molecular complexity index is 628. The highest BCUT2D eigenvalue weighted by atomic mass is 16.5. The molecule has 4 heteroatoms. The van der Waals surface area contributed by atoms with Crippen LogP contribution in [-0.4, -0.2) is 22.6 Å². The van der Waals surface area contributed by atoms with Gasteiger partial charge in [0.25, 0.3) is 0 Å².